The normalized spacial score (nSPS) is 12.0. The minimum Gasteiger partial charge on any atom is -0.466 e. The largest absolute Gasteiger partial charge is 0.466 e. The first-order valence-electron chi connectivity index (χ1n) is 6.98. The van der Waals surface area contributed by atoms with Crippen LogP contribution in [-0.4, -0.2) is 17.6 Å². The highest BCUT2D eigenvalue weighted by atomic mass is 16.5. The molecule has 112 valence electrons. The maximum Gasteiger partial charge on any atom is 0.341 e. The van der Waals surface area contributed by atoms with E-state index in [0.717, 1.165) is 17.1 Å². The number of carbonyl (C=O) groups excluding carboxylic acids is 1. The van der Waals surface area contributed by atoms with E-state index in [-0.39, 0.29) is 12.0 Å². The predicted octanol–water partition coefficient (Wildman–Crippen LogP) is 3.64. The van der Waals surface area contributed by atoms with E-state index >= 15 is 0 Å². The van der Waals surface area contributed by atoms with Gasteiger partial charge >= 0.3 is 5.97 Å². The Morgan fingerprint density at radius 1 is 1.48 bits per heavy atom. The lowest BCUT2D eigenvalue weighted by atomic mass is 10.1. The van der Waals surface area contributed by atoms with Crippen LogP contribution in [0.5, 0.6) is 0 Å². The highest BCUT2D eigenvalue weighted by Gasteiger charge is 2.18. The molecule has 0 spiro atoms. The fourth-order valence-electron chi connectivity index (χ4n) is 2.26. The summed E-state index contributed by atoms with van der Waals surface area (Å²) in [6.07, 6.45) is 1.64. The van der Waals surface area contributed by atoms with Crippen LogP contribution >= 0.6 is 0 Å². The number of nitrogens with zero attached hydrogens (tertiary/aromatic N) is 1. The van der Waals surface area contributed by atoms with Crippen LogP contribution in [0.4, 0.5) is 5.82 Å². The molecule has 0 amide bonds. The third kappa shape index (κ3) is 3.42. The molecule has 5 nitrogen and oxygen atoms in total. The van der Waals surface area contributed by atoms with Crippen molar-refractivity contribution in [3.8, 4) is 0 Å². The Morgan fingerprint density at radius 2 is 2.24 bits per heavy atom. The van der Waals surface area contributed by atoms with E-state index < -0.39 is 0 Å². The molecule has 5 heteroatoms. The van der Waals surface area contributed by atoms with Crippen molar-refractivity contribution in [3.05, 3.63) is 47.0 Å². The molecule has 0 bridgehead atoms. The molecule has 0 aliphatic rings. The molecule has 2 heterocycles. The Kier molecular flexibility index (Phi) is 4.62. The molecule has 0 aliphatic carbocycles. The van der Waals surface area contributed by atoms with Crippen molar-refractivity contribution < 1.29 is 13.9 Å². The minimum absolute atomic E-state index is 0.0227. The van der Waals surface area contributed by atoms with E-state index in [2.05, 4.69) is 10.3 Å². The molecule has 2 rings (SSSR count). The lowest BCUT2D eigenvalue weighted by molar-refractivity contribution is 0.0527. The quantitative estimate of drug-likeness (QED) is 0.851. The Morgan fingerprint density at radius 3 is 2.86 bits per heavy atom. The van der Waals surface area contributed by atoms with Crippen molar-refractivity contribution in [2.75, 3.05) is 11.9 Å². The van der Waals surface area contributed by atoms with E-state index in [1.165, 1.54) is 0 Å². The van der Waals surface area contributed by atoms with E-state index in [4.69, 9.17) is 9.15 Å². The van der Waals surface area contributed by atoms with Gasteiger partial charge in [0.25, 0.3) is 0 Å². The van der Waals surface area contributed by atoms with Crippen molar-refractivity contribution in [1.29, 1.82) is 0 Å². The van der Waals surface area contributed by atoms with Crippen molar-refractivity contribution in [2.24, 2.45) is 0 Å². The van der Waals surface area contributed by atoms with Gasteiger partial charge in [0.2, 0.25) is 0 Å². The maximum absolute atomic E-state index is 11.9. The topological polar surface area (TPSA) is 64.4 Å². The number of pyridine rings is 1. The van der Waals surface area contributed by atoms with Crippen LogP contribution < -0.4 is 5.32 Å². The first kappa shape index (κ1) is 15.1. The summed E-state index contributed by atoms with van der Waals surface area (Å²) in [6.45, 7) is 7.95. The monoisotopic (exact) mass is 288 g/mol. The van der Waals surface area contributed by atoms with Gasteiger partial charge < -0.3 is 14.5 Å². The van der Waals surface area contributed by atoms with E-state index in [1.807, 2.05) is 26.8 Å². The second-order valence-electron chi connectivity index (χ2n) is 4.85. The average Bonchev–Trinajstić information content (AvgIpc) is 2.78. The molecule has 2 aromatic rings. The number of aromatic nitrogens is 1. The number of furan rings is 1. The summed E-state index contributed by atoms with van der Waals surface area (Å²) in [7, 11) is 0. The second-order valence-corrected chi connectivity index (χ2v) is 4.85. The summed E-state index contributed by atoms with van der Waals surface area (Å²) < 4.78 is 10.6. The number of hydrogen-bond donors (Lipinski definition) is 1. The summed E-state index contributed by atoms with van der Waals surface area (Å²) in [5.41, 5.74) is 1.48. The number of rotatable bonds is 5. The third-order valence-electron chi connectivity index (χ3n) is 3.20. The molecule has 2 aromatic heterocycles. The zero-order valence-corrected chi connectivity index (χ0v) is 12.8. The molecular weight excluding hydrogens is 268 g/mol. The minimum atomic E-state index is -0.375. The molecule has 0 saturated carbocycles. The molecule has 1 unspecified atom stereocenters. The van der Waals surface area contributed by atoms with Gasteiger partial charge in [0.15, 0.2) is 0 Å². The number of ether oxygens (including phenoxy) is 1. The third-order valence-corrected chi connectivity index (χ3v) is 3.20. The van der Waals surface area contributed by atoms with E-state index in [9.17, 15) is 4.79 Å². The Balaban J connectivity index is 2.23. The lowest BCUT2D eigenvalue weighted by Crippen LogP contribution is -2.14. The lowest BCUT2D eigenvalue weighted by Gasteiger charge is -2.16. The van der Waals surface area contributed by atoms with Crippen molar-refractivity contribution in [1.82, 2.24) is 4.98 Å². The molecule has 1 N–H and O–H groups in total. The molecule has 0 radical (unpaired) electrons. The smallest absolute Gasteiger partial charge is 0.341 e. The second kappa shape index (κ2) is 6.43. The van der Waals surface area contributed by atoms with Crippen LogP contribution in [0.1, 0.15) is 47.3 Å². The Bertz CT molecular complexity index is 634. The molecule has 0 aromatic carbocycles. The van der Waals surface area contributed by atoms with Gasteiger partial charge in [-0.2, -0.15) is 0 Å². The van der Waals surface area contributed by atoms with Crippen LogP contribution in [-0.2, 0) is 4.74 Å². The zero-order valence-electron chi connectivity index (χ0n) is 12.8. The van der Waals surface area contributed by atoms with Gasteiger partial charge in [-0.25, -0.2) is 9.78 Å². The van der Waals surface area contributed by atoms with Gasteiger partial charge in [-0.3, -0.25) is 0 Å². The SMILES string of the molecule is CCOC(=O)c1cccnc1NC(C)c1cc(C)oc1C. The molecule has 0 fully saturated rings. The number of aryl methyl sites for hydroxylation is 2. The van der Waals surface area contributed by atoms with Crippen LogP contribution in [0.25, 0.3) is 0 Å². The van der Waals surface area contributed by atoms with Gasteiger partial charge in [-0.05, 0) is 45.9 Å². The Labute approximate surface area is 124 Å². The first-order chi connectivity index (χ1) is 10.0. The summed E-state index contributed by atoms with van der Waals surface area (Å²) in [4.78, 5) is 16.2. The number of nitrogens with one attached hydrogen (secondary N) is 1. The van der Waals surface area contributed by atoms with Crippen LogP contribution in [0.15, 0.2) is 28.8 Å². The highest BCUT2D eigenvalue weighted by molar-refractivity contribution is 5.94. The average molecular weight is 288 g/mol. The maximum atomic E-state index is 11.9. The number of hydrogen-bond acceptors (Lipinski definition) is 5. The van der Waals surface area contributed by atoms with Crippen molar-refractivity contribution >= 4 is 11.8 Å². The van der Waals surface area contributed by atoms with Gasteiger partial charge in [-0.15, -0.1) is 0 Å². The van der Waals surface area contributed by atoms with Crippen molar-refractivity contribution in [3.63, 3.8) is 0 Å². The van der Waals surface area contributed by atoms with Crippen molar-refractivity contribution in [2.45, 2.75) is 33.7 Å². The highest BCUT2D eigenvalue weighted by Crippen LogP contribution is 2.25. The fraction of sp³-hybridized carbons (Fsp3) is 0.375. The summed E-state index contributed by atoms with van der Waals surface area (Å²) in [6, 6.07) is 5.38. The van der Waals surface area contributed by atoms with Crippen LogP contribution in [0.3, 0.4) is 0 Å². The van der Waals surface area contributed by atoms with E-state index in [1.54, 1.807) is 25.3 Å². The molecule has 21 heavy (non-hydrogen) atoms. The van der Waals surface area contributed by atoms with Crippen LogP contribution in [0.2, 0.25) is 0 Å². The number of carbonyl (C=O) groups is 1. The molecule has 0 aliphatic heterocycles. The van der Waals surface area contributed by atoms with E-state index in [0.29, 0.717) is 18.0 Å². The predicted molar refractivity (Wildman–Crippen MR) is 80.4 cm³/mol. The van der Waals surface area contributed by atoms with Gasteiger partial charge in [-0.1, -0.05) is 0 Å². The number of anilines is 1. The van der Waals surface area contributed by atoms with Gasteiger partial charge in [0.1, 0.15) is 22.9 Å². The Hall–Kier alpha value is -2.30. The van der Waals surface area contributed by atoms with Gasteiger partial charge in [0.05, 0.1) is 12.6 Å². The zero-order chi connectivity index (χ0) is 15.4. The first-order valence-corrected chi connectivity index (χ1v) is 6.98. The fourth-order valence-corrected chi connectivity index (χ4v) is 2.26. The summed E-state index contributed by atoms with van der Waals surface area (Å²) in [5, 5.41) is 3.25. The summed E-state index contributed by atoms with van der Waals surface area (Å²) >= 11 is 0. The standard InChI is InChI=1S/C16H20N2O3/c1-5-20-16(19)13-7-6-8-17-15(13)18-11(3)14-9-10(2)21-12(14)4/h6-9,11H,5H2,1-4H3,(H,17,18). The van der Waals surface area contributed by atoms with Crippen LogP contribution in [0, 0.1) is 13.8 Å². The van der Waals surface area contributed by atoms with Gasteiger partial charge in [0, 0.05) is 11.8 Å². The number of esters is 1. The summed E-state index contributed by atoms with van der Waals surface area (Å²) in [5.74, 6) is 1.87. The molecule has 1 atom stereocenters. The molecular formula is C16H20N2O3. The molecule has 0 saturated heterocycles.